The molecule has 3 aromatic rings. The SMILES string of the molecule is Cc1ccccc1-n1nc(C(=O)NCc2ccccn2)nc1C. The smallest absolute Gasteiger partial charge is 0.291 e. The second-order valence-electron chi connectivity index (χ2n) is 5.18. The summed E-state index contributed by atoms with van der Waals surface area (Å²) in [4.78, 5) is 20.6. The van der Waals surface area contributed by atoms with E-state index in [2.05, 4.69) is 20.4 Å². The third kappa shape index (κ3) is 3.26. The van der Waals surface area contributed by atoms with Crippen molar-refractivity contribution in [2.45, 2.75) is 20.4 Å². The molecule has 0 atom stereocenters. The molecule has 116 valence electrons. The number of amides is 1. The summed E-state index contributed by atoms with van der Waals surface area (Å²) in [5, 5.41) is 7.11. The molecule has 0 aliphatic heterocycles. The maximum Gasteiger partial charge on any atom is 0.291 e. The minimum absolute atomic E-state index is 0.154. The highest BCUT2D eigenvalue weighted by molar-refractivity contribution is 5.90. The number of carbonyl (C=O) groups is 1. The van der Waals surface area contributed by atoms with Gasteiger partial charge in [-0.15, -0.1) is 5.10 Å². The fourth-order valence-corrected chi connectivity index (χ4v) is 2.27. The summed E-state index contributed by atoms with van der Waals surface area (Å²) >= 11 is 0. The monoisotopic (exact) mass is 307 g/mol. The van der Waals surface area contributed by atoms with E-state index in [0.717, 1.165) is 16.9 Å². The van der Waals surface area contributed by atoms with Gasteiger partial charge in [-0.25, -0.2) is 9.67 Å². The lowest BCUT2D eigenvalue weighted by Gasteiger charge is -2.05. The molecule has 6 heteroatoms. The summed E-state index contributed by atoms with van der Waals surface area (Å²) in [6.45, 7) is 4.17. The van der Waals surface area contributed by atoms with E-state index >= 15 is 0 Å². The number of hydrogen-bond acceptors (Lipinski definition) is 4. The fourth-order valence-electron chi connectivity index (χ4n) is 2.27. The molecule has 0 unspecified atom stereocenters. The Balaban J connectivity index is 1.78. The van der Waals surface area contributed by atoms with Crippen molar-refractivity contribution in [3.05, 3.63) is 71.6 Å². The number of carbonyl (C=O) groups excluding carboxylic acids is 1. The van der Waals surface area contributed by atoms with Gasteiger partial charge in [-0.2, -0.15) is 0 Å². The molecule has 0 spiro atoms. The Labute approximate surface area is 134 Å². The van der Waals surface area contributed by atoms with Gasteiger partial charge in [0.15, 0.2) is 0 Å². The van der Waals surface area contributed by atoms with Gasteiger partial charge in [0, 0.05) is 6.20 Å². The Morgan fingerprint density at radius 1 is 1.13 bits per heavy atom. The van der Waals surface area contributed by atoms with Crippen LogP contribution in [0, 0.1) is 13.8 Å². The van der Waals surface area contributed by atoms with Crippen LogP contribution in [-0.2, 0) is 6.54 Å². The largest absolute Gasteiger partial charge is 0.344 e. The number of pyridine rings is 1. The Morgan fingerprint density at radius 2 is 1.91 bits per heavy atom. The van der Waals surface area contributed by atoms with Crippen LogP contribution in [0.25, 0.3) is 5.69 Å². The summed E-state index contributed by atoms with van der Waals surface area (Å²) < 4.78 is 1.69. The van der Waals surface area contributed by atoms with Crippen LogP contribution in [0.2, 0.25) is 0 Å². The Hall–Kier alpha value is -3.02. The second kappa shape index (κ2) is 6.39. The zero-order valence-electron chi connectivity index (χ0n) is 13.0. The van der Waals surface area contributed by atoms with E-state index in [-0.39, 0.29) is 11.7 Å². The van der Waals surface area contributed by atoms with E-state index in [1.165, 1.54) is 0 Å². The molecule has 0 radical (unpaired) electrons. The number of para-hydroxylation sites is 1. The maximum absolute atomic E-state index is 12.2. The number of aromatic nitrogens is 4. The molecular weight excluding hydrogens is 290 g/mol. The summed E-state index contributed by atoms with van der Waals surface area (Å²) in [6.07, 6.45) is 1.69. The molecule has 3 rings (SSSR count). The van der Waals surface area contributed by atoms with Crippen molar-refractivity contribution in [2.24, 2.45) is 0 Å². The van der Waals surface area contributed by atoms with E-state index in [1.807, 2.05) is 56.3 Å². The van der Waals surface area contributed by atoms with Gasteiger partial charge >= 0.3 is 0 Å². The van der Waals surface area contributed by atoms with Gasteiger partial charge in [0.05, 0.1) is 17.9 Å². The minimum atomic E-state index is -0.314. The van der Waals surface area contributed by atoms with E-state index in [9.17, 15) is 4.79 Å². The molecule has 1 aromatic carbocycles. The molecule has 0 aliphatic carbocycles. The number of hydrogen-bond donors (Lipinski definition) is 1. The number of nitrogens with zero attached hydrogens (tertiary/aromatic N) is 4. The van der Waals surface area contributed by atoms with Crippen LogP contribution in [0.15, 0.2) is 48.7 Å². The highest BCUT2D eigenvalue weighted by Crippen LogP contribution is 2.14. The van der Waals surface area contributed by atoms with Crippen molar-refractivity contribution in [2.75, 3.05) is 0 Å². The summed E-state index contributed by atoms with van der Waals surface area (Å²) in [5.74, 6) is 0.509. The van der Waals surface area contributed by atoms with Crippen molar-refractivity contribution >= 4 is 5.91 Å². The van der Waals surface area contributed by atoms with E-state index in [1.54, 1.807) is 10.9 Å². The standard InChI is InChI=1S/C17H17N5O/c1-12-7-3-4-9-15(12)22-13(2)20-16(21-22)17(23)19-11-14-8-5-6-10-18-14/h3-10H,11H2,1-2H3,(H,19,23). The van der Waals surface area contributed by atoms with Crippen LogP contribution >= 0.6 is 0 Å². The zero-order chi connectivity index (χ0) is 16.2. The molecule has 1 amide bonds. The molecule has 0 bridgehead atoms. The molecule has 6 nitrogen and oxygen atoms in total. The predicted molar refractivity (Wildman–Crippen MR) is 86.2 cm³/mol. The van der Waals surface area contributed by atoms with Gasteiger partial charge in [0.2, 0.25) is 5.82 Å². The molecule has 1 N–H and O–H groups in total. The molecule has 23 heavy (non-hydrogen) atoms. The lowest BCUT2D eigenvalue weighted by Crippen LogP contribution is -2.24. The average Bonchev–Trinajstić information content (AvgIpc) is 2.96. The predicted octanol–water partition coefficient (Wildman–Crippen LogP) is 2.21. The van der Waals surface area contributed by atoms with Crippen LogP contribution in [-0.4, -0.2) is 25.7 Å². The van der Waals surface area contributed by atoms with Gasteiger partial charge in [-0.05, 0) is 37.6 Å². The van der Waals surface area contributed by atoms with Crippen LogP contribution in [0.5, 0.6) is 0 Å². The molecule has 2 aromatic heterocycles. The Kier molecular flexibility index (Phi) is 4.14. The first kappa shape index (κ1) is 14.9. The average molecular weight is 307 g/mol. The van der Waals surface area contributed by atoms with Gasteiger partial charge in [0.1, 0.15) is 5.82 Å². The van der Waals surface area contributed by atoms with Crippen molar-refractivity contribution < 1.29 is 4.79 Å². The quantitative estimate of drug-likeness (QED) is 0.802. The minimum Gasteiger partial charge on any atom is -0.344 e. The summed E-state index contributed by atoms with van der Waals surface area (Å²) in [5.41, 5.74) is 2.78. The third-order valence-electron chi connectivity index (χ3n) is 3.47. The lowest BCUT2D eigenvalue weighted by molar-refractivity contribution is 0.0940. The first-order chi connectivity index (χ1) is 11.1. The van der Waals surface area contributed by atoms with Crippen LogP contribution in [0.4, 0.5) is 0 Å². The molecule has 0 saturated carbocycles. The second-order valence-corrected chi connectivity index (χ2v) is 5.18. The third-order valence-corrected chi connectivity index (χ3v) is 3.47. The normalized spacial score (nSPS) is 10.5. The molecule has 0 aliphatic rings. The molecule has 0 fully saturated rings. The van der Waals surface area contributed by atoms with E-state index in [4.69, 9.17) is 0 Å². The van der Waals surface area contributed by atoms with Crippen LogP contribution < -0.4 is 5.32 Å². The van der Waals surface area contributed by atoms with Crippen molar-refractivity contribution in [3.63, 3.8) is 0 Å². The first-order valence-electron chi connectivity index (χ1n) is 7.33. The van der Waals surface area contributed by atoms with Crippen molar-refractivity contribution in [3.8, 4) is 5.69 Å². The number of nitrogens with one attached hydrogen (secondary N) is 1. The van der Waals surface area contributed by atoms with Crippen LogP contribution in [0.1, 0.15) is 27.7 Å². The Morgan fingerprint density at radius 3 is 2.65 bits per heavy atom. The molecule has 2 heterocycles. The van der Waals surface area contributed by atoms with E-state index < -0.39 is 0 Å². The highest BCUT2D eigenvalue weighted by atomic mass is 16.2. The topological polar surface area (TPSA) is 72.7 Å². The number of rotatable bonds is 4. The van der Waals surface area contributed by atoms with Crippen molar-refractivity contribution in [1.29, 1.82) is 0 Å². The van der Waals surface area contributed by atoms with Gasteiger partial charge in [-0.3, -0.25) is 9.78 Å². The summed E-state index contributed by atoms with van der Waals surface area (Å²) in [6, 6.07) is 13.4. The van der Waals surface area contributed by atoms with Crippen molar-refractivity contribution in [1.82, 2.24) is 25.1 Å². The maximum atomic E-state index is 12.2. The first-order valence-corrected chi connectivity index (χ1v) is 7.33. The van der Waals surface area contributed by atoms with Gasteiger partial charge in [0.25, 0.3) is 5.91 Å². The molecular formula is C17H17N5O. The molecule has 0 saturated heterocycles. The van der Waals surface area contributed by atoms with Crippen LogP contribution in [0.3, 0.4) is 0 Å². The zero-order valence-corrected chi connectivity index (χ0v) is 13.0. The number of benzene rings is 1. The van der Waals surface area contributed by atoms with Gasteiger partial charge in [-0.1, -0.05) is 24.3 Å². The van der Waals surface area contributed by atoms with E-state index in [0.29, 0.717) is 12.4 Å². The Bertz CT molecular complexity index is 826. The lowest BCUT2D eigenvalue weighted by atomic mass is 10.2. The number of aryl methyl sites for hydroxylation is 2. The summed E-state index contributed by atoms with van der Waals surface area (Å²) in [7, 11) is 0. The fraction of sp³-hybridized carbons (Fsp3) is 0.176. The van der Waals surface area contributed by atoms with Gasteiger partial charge < -0.3 is 5.32 Å². The highest BCUT2D eigenvalue weighted by Gasteiger charge is 2.15.